The zero-order valence-corrected chi connectivity index (χ0v) is 13.1. The van der Waals surface area contributed by atoms with Crippen LogP contribution in [0.1, 0.15) is 25.3 Å². The summed E-state index contributed by atoms with van der Waals surface area (Å²) in [6, 6.07) is 8.39. The number of aromatic nitrogens is 1. The third kappa shape index (κ3) is 3.85. The van der Waals surface area contributed by atoms with Crippen LogP contribution < -0.4 is 0 Å². The van der Waals surface area contributed by atoms with Gasteiger partial charge in [0, 0.05) is 37.7 Å². The number of methoxy groups -OCH3 is 1. The van der Waals surface area contributed by atoms with E-state index in [4.69, 9.17) is 4.74 Å². The topological polar surface area (TPSA) is 45.3 Å². The van der Waals surface area contributed by atoms with Gasteiger partial charge < -0.3 is 14.6 Å². The van der Waals surface area contributed by atoms with Crippen LogP contribution in [0.4, 0.5) is 0 Å². The van der Waals surface area contributed by atoms with Crippen LogP contribution >= 0.6 is 0 Å². The second-order valence-corrected chi connectivity index (χ2v) is 5.52. The number of aryl methyl sites for hydroxylation is 1. The molecule has 0 spiro atoms. The van der Waals surface area contributed by atoms with Crippen molar-refractivity contribution in [2.24, 2.45) is 0 Å². The number of rotatable bonds is 7. The first-order chi connectivity index (χ1) is 10.1. The highest BCUT2D eigenvalue weighted by molar-refractivity contribution is 5.83. The highest BCUT2D eigenvalue weighted by Gasteiger charge is 2.15. The van der Waals surface area contributed by atoms with Crippen molar-refractivity contribution in [2.75, 3.05) is 20.8 Å². The number of aromatic amines is 1. The number of ether oxygens (including phenoxy) is 1. The SMILES string of the molecule is COCC(C)N(C)C(=O)CCCc1c[nH]c2ccccc12. The van der Waals surface area contributed by atoms with Gasteiger partial charge in [-0.25, -0.2) is 0 Å². The van der Waals surface area contributed by atoms with E-state index in [0.717, 1.165) is 18.4 Å². The standard InChI is InChI=1S/C17H24N2O2/c1-13(12-21-3)19(2)17(20)10-6-7-14-11-18-16-9-5-4-8-15(14)16/h4-5,8-9,11,13,18H,6-7,10,12H2,1-3H3. The van der Waals surface area contributed by atoms with Gasteiger partial charge in [-0.05, 0) is 31.4 Å². The molecular formula is C17H24N2O2. The molecular weight excluding hydrogens is 264 g/mol. The number of nitrogens with one attached hydrogen (secondary N) is 1. The summed E-state index contributed by atoms with van der Waals surface area (Å²) in [5.41, 5.74) is 2.44. The number of nitrogens with zero attached hydrogens (tertiary/aromatic N) is 1. The first kappa shape index (κ1) is 15.6. The lowest BCUT2D eigenvalue weighted by Crippen LogP contribution is -2.37. The van der Waals surface area contributed by atoms with Gasteiger partial charge in [0.25, 0.3) is 0 Å². The molecule has 4 heteroatoms. The van der Waals surface area contributed by atoms with E-state index in [2.05, 4.69) is 17.1 Å². The molecule has 2 rings (SSSR count). The smallest absolute Gasteiger partial charge is 0.222 e. The van der Waals surface area contributed by atoms with Crippen molar-refractivity contribution in [2.45, 2.75) is 32.2 Å². The van der Waals surface area contributed by atoms with E-state index in [0.29, 0.717) is 13.0 Å². The first-order valence-electron chi connectivity index (χ1n) is 7.43. The van der Waals surface area contributed by atoms with Gasteiger partial charge in [0.1, 0.15) is 0 Å². The van der Waals surface area contributed by atoms with Crippen molar-refractivity contribution >= 4 is 16.8 Å². The van der Waals surface area contributed by atoms with Gasteiger partial charge in [-0.1, -0.05) is 18.2 Å². The van der Waals surface area contributed by atoms with Crippen molar-refractivity contribution in [3.8, 4) is 0 Å². The highest BCUT2D eigenvalue weighted by atomic mass is 16.5. The molecule has 0 radical (unpaired) electrons. The number of benzene rings is 1. The normalized spacial score (nSPS) is 12.5. The van der Waals surface area contributed by atoms with Gasteiger partial charge in [0.15, 0.2) is 0 Å². The molecule has 2 aromatic rings. The molecule has 0 aliphatic heterocycles. The van der Waals surface area contributed by atoms with Crippen LogP contribution in [0.5, 0.6) is 0 Å². The number of likely N-dealkylation sites (N-methyl/N-ethyl adjacent to an activating group) is 1. The number of amides is 1. The molecule has 114 valence electrons. The van der Waals surface area contributed by atoms with E-state index in [1.165, 1.54) is 10.9 Å². The quantitative estimate of drug-likeness (QED) is 0.851. The molecule has 1 atom stereocenters. The van der Waals surface area contributed by atoms with Crippen molar-refractivity contribution in [3.63, 3.8) is 0 Å². The lowest BCUT2D eigenvalue weighted by molar-refractivity contribution is -0.132. The Balaban J connectivity index is 1.85. The maximum absolute atomic E-state index is 12.1. The van der Waals surface area contributed by atoms with Gasteiger partial charge >= 0.3 is 0 Å². The van der Waals surface area contributed by atoms with Crippen LogP contribution in [-0.2, 0) is 16.0 Å². The third-order valence-corrected chi connectivity index (χ3v) is 3.97. The Morgan fingerprint density at radius 2 is 2.14 bits per heavy atom. The van der Waals surface area contributed by atoms with E-state index in [-0.39, 0.29) is 11.9 Å². The lowest BCUT2D eigenvalue weighted by atomic mass is 10.1. The van der Waals surface area contributed by atoms with Gasteiger partial charge in [0.2, 0.25) is 5.91 Å². The minimum absolute atomic E-state index is 0.121. The van der Waals surface area contributed by atoms with Crippen molar-refractivity contribution < 1.29 is 9.53 Å². The zero-order chi connectivity index (χ0) is 15.2. The summed E-state index contributed by atoms with van der Waals surface area (Å²) in [5.74, 6) is 0.180. The maximum atomic E-state index is 12.1. The van der Waals surface area contributed by atoms with Crippen molar-refractivity contribution in [3.05, 3.63) is 36.0 Å². The van der Waals surface area contributed by atoms with Gasteiger partial charge in [-0.3, -0.25) is 4.79 Å². The summed E-state index contributed by atoms with van der Waals surface area (Å²) < 4.78 is 5.09. The number of H-pyrrole nitrogens is 1. The monoisotopic (exact) mass is 288 g/mol. The number of hydrogen-bond donors (Lipinski definition) is 1. The van der Waals surface area contributed by atoms with E-state index in [9.17, 15) is 4.79 Å². The number of carbonyl (C=O) groups is 1. The number of fused-ring (bicyclic) bond motifs is 1. The molecule has 1 heterocycles. The molecule has 1 aromatic heterocycles. The fourth-order valence-electron chi connectivity index (χ4n) is 2.54. The second-order valence-electron chi connectivity index (χ2n) is 5.52. The summed E-state index contributed by atoms with van der Waals surface area (Å²) in [6.45, 7) is 2.58. The zero-order valence-electron chi connectivity index (χ0n) is 13.1. The Kier molecular flexibility index (Phi) is 5.39. The van der Waals surface area contributed by atoms with Gasteiger partial charge in [-0.15, -0.1) is 0 Å². The molecule has 0 aliphatic carbocycles. The third-order valence-electron chi connectivity index (χ3n) is 3.97. The predicted molar refractivity (Wildman–Crippen MR) is 85.3 cm³/mol. The van der Waals surface area contributed by atoms with Gasteiger partial charge in [-0.2, -0.15) is 0 Å². The molecule has 4 nitrogen and oxygen atoms in total. The van der Waals surface area contributed by atoms with Crippen LogP contribution in [0, 0.1) is 0 Å². The molecule has 1 N–H and O–H groups in total. The average molecular weight is 288 g/mol. The molecule has 0 aliphatic rings. The van der Waals surface area contributed by atoms with Crippen molar-refractivity contribution in [1.29, 1.82) is 0 Å². The number of para-hydroxylation sites is 1. The second kappa shape index (κ2) is 7.27. The highest BCUT2D eigenvalue weighted by Crippen LogP contribution is 2.19. The van der Waals surface area contributed by atoms with E-state index in [1.54, 1.807) is 12.0 Å². The van der Waals surface area contributed by atoms with Crippen LogP contribution in [0.25, 0.3) is 10.9 Å². The molecule has 0 saturated carbocycles. The van der Waals surface area contributed by atoms with Crippen LogP contribution in [0.2, 0.25) is 0 Å². The molecule has 1 amide bonds. The van der Waals surface area contributed by atoms with E-state index < -0.39 is 0 Å². The average Bonchev–Trinajstić information content (AvgIpc) is 2.90. The summed E-state index contributed by atoms with van der Waals surface area (Å²) >= 11 is 0. The summed E-state index contributed by atoms with van der Waals surface area (Å²) in [5, 5.41) is 1.26. The van der Waals surface area contributed by atoms with E-state index >= 15 is 0 Å². The Bertz CT molecular complexity index is 591. The number of carbonyl (C=O) groups excluding carboxylic acids is 1. The Hall–Kier alpha value is -1.81. The predicted octanol–water partition coefficient (Wildman–Crippen LogP) is 2.98. The van der Waals surface area contributed by atoms with Crippen LogP contribution in [0.3, 0.4) is 0 Å². The van der Waals surface area contributed by atoms with Crippen LogP contribution in [0.15, 0.2) is 30.5 Å². The largest absolute Gasteiger partial charge is 0.383 e. The molecule has 21 heavy (non-hydrogen) atoms. The number of hydrogen-bond acceptors (Lipinski definition) is 2. The Labute approximate surface area is 126 Å². The van der Waals surface area contributed by atoms with Gasteiger partial charge in [0.05, 0.1) is 12.6 Å². The molecule has 0 bridgehead atoms. The fourth-order valence-corrected chi connectivity index (χ4v) is 2.54. The molecule has 1 aromatic carbocycles. The maximum Gasteiger partial charge on any atom is 0.222 e. The lowest BCUT2D eigenvalue weighted by Gasteiger charge is -2.24. The van der Waals surface area contributed by atoms with Crippen LogP contribution in [-0.4, -0.2) is 42.6 Å². The molecule has 0 fully saturated rings. The summed E-state index contributed by atoms with van der Waals surface area (Å²) in [7, 11) is 3.50. The molecule has 0 saturated heterocycles. The Morgan fingerprint density at radius 3 is 2.90 bits per heavy atom. The Morgan fingerprint density at radius 1 is 1.38 bits per heavy atom. The first-order valence-corrected chi connectivity index (χ1v) is 7.43. The fraction of sp³-hybridized carbons (Fsp3) is 0.471. The summed E-state index contributed by atoms with van der Waals surface area (Å²) in [6.07, 6.45) is 4.41. The van der Waals surface area contributed by atoms with Crippen molar-refractivity contribution in [1.82, 2.24) is 9.88 Å². The molecule has 1 unspecified atom stereocenters. The minimum atomic E-state index is 0.121. The summed E-state index contributed by atoms with van der Waals surface area (Å²) in [4.78, 5) is 17.2. The minimum Gasteiger partial charge on any atom is -0.383 e. The van der Waals surface area contributed by atoms with E-state index in [1.807, 2.05) is 32.3 Å².